The molecule has 1 heterocycles. The fourth-order valence-electron chi connectivity index (χ4n) is 2.26. The van der Waals surface area contributed by atoms with Crippen LogP contribution in [-0.4, -0.2) is 36.5 Å². The fraction of sp³-hybridized carbons (Fsp3) is 0.571. The van der Waals surface area contributed by atoms with E-state index in [1.165, 1.54) is 42.1 Å². The van der Waals surface area contributed by atoms with Gasteiger partial charge in [0, 0.05) is 25.4 Å². The third-order valence-electron chi connectivity index (χ3n) is 3.09. The molecule has 1 aliphatic rings. The molecule has 1 aromatic rings. The molecule has 1 aromatic carbocycles. The third kappa shape index (κ3) is 4.34. The van der Waals surface area contributed by atoms with Crippen molar-refractivity contribution in [3.8, 4) is 0 Å². The summed E-state index contributed by atoms with van der Waals surface area (Å²) in [4.78, 5) is 2.58. The molecule has 0 aromatic heterocycles. The molecule has 0 saturated carbocycles. The Morgan fingerprint density at radius 1 is 1.24 bits per heavy atom. The zero-order valence-corrected chi connectivity index (χ0v) is 11.4. The summed E-state index contributed by atoms with van der Waals surface area (Å²) in [6.07, 6.45) is 1.33. The summed E-state index contributed by atoms with van der Waals surface area (Å²) >= 11 is 2.09. The van der Waals surface area contributed by atoms with Crippen molar-refractivity contribution in [3.63, 3.8) is 0 Å². The van der Waals surface area contributed by atoms with Crippen LogP contribution in [0.1, 0.15) is 17.5 Å². The van der Waals surface area contributed by atoms with Gasteiger partial charge in [-0.05, 0) is 36.9 Å². The summed E-state index contributed by atoms with van der Waals surface area (Å²) in [6, 6.07) is 8.94. The molecule has 2 nitrogen and oxygen atoms in total. The maximum atomic E-state index is 3.21. The van der Waals surface area contributed by atoms with Gasteiger partial charge in [0.25, 0.3) is 0 Å². The van der Waals surface area contributed by atoms with Crippen LogP contribution in [0.5, 0.6) is 0 Å². The van der Waals surface area contributed by atoms with Gasteiger partial charge >= 0.3 is 0 Å². The molecule has 0 spiro atoms. The number of hydrogen-bond donors (Lipinski definition) is 1. The van der Waals surface area contributed by atoms with E-state index in [-0.39, 0.29) is 0 Å². The van der Waals surface area contributed by atoms with Crippen molar-refractivity contribution in [2.45, 2.75) is 19.5 Å². The Labute approximate surface area is 109 Å². The third-order valence-corrected chi connectivity index (χ3v) is 4.14. The van der Waals surface area contributed by atoms with Gasteiger partial charge in [-0.15, -0.1) is 0 Å². The predicted octanol–water partition coefficient (Wildman–Crippen LogP) is 2.34. The van der Waals surface area contributed by atoms with Crippen LogP contribution in [0.3, 0.4) is 0 Å². The van der Waals surface area contributed by atoms with E-state index in [0.29, 0.717) is 0 Å². The van der Waals surface area contributed by atoms with E-state index in [0.717, 1.165) is 13.1 Å². The highest BCUT2D eigenvalue weighted by Gasteiger charge is 2.09. The lowest BCUT2D eigenvalue weighted by atomic mass is 10.1. The molecule has 0 unspecified atom stereocenters. The molecule has 1 N–H and O–H groups in total. The van der Waals surface area contributed by atoms with Crippen molar-refractivity contribution < 1.29 is 0 Å². The Morgan fingerprint density at radius 3 is 3.00 bits per heavy atom. The predicted molar refractivity (Wildman–Crippen MR) is 76.4 cm³/mol. The second-order valence-electron chi connectivity index (χ2n) is 4.59. The van der Waals surface area contributed by atoms with E-state index >= 15 is 0 Å². The quantitative estimate of drug-likeness (QED) is 0.883. The van der Waals surface area contributed by atoms with Crippen LogP contribution in [0.15, 0.2) is 24.3 Å². The zero-order chi connectivity index (χ0) is 11.9. The van der Waals surface area contributed by atoms with Crippen molar-refractivity contribution in [3.05, 3.63) is 35.4 Å². The lowest BCUT2D eigenvalue weighted by Crippen LogP contribution is -2.25. The van der Waals surface area contributed by atoms with Crippen LogP contribution in [0.4, 0.5) is 0 Å². The van der Waals surface area contributed by atoms with Gasteiger partial charge in [-0.2, -0.15) is 11.8 Å². The molecule has 94 valence electrons. The van der Waals surface area contributed by atoms with Gasteiger partial charge < -0.3 is 5.32 Å². The van der Waals surface area contributed by atoms with Crippen molar-refractivity contribution >= 4 is 11.8 Å². The van der Waals surface area contributed by atoms with Crippen LogP contribution in [-0.2, 0) is 13.1 Å². The van der Waals surface area contributed by atoms with Crippen LogP contribution in [0, 0.1) is 0 Å². The van der Waals surface area contributed by atoms with E-state index in [4.69, 9.17) is 0 Å². The Morgan fingerprint density at radius 2 is 2.12 bits per heavy atom. The normalized spacial score (nSPS) is 17.9. The molecular weight excluding hydrogens is 228 g/mol. The number of nitrogens with one attached hydrogen (secondary N) is 1. The fourth-order valence-corrected chi connectivity index (χ4v) is 3.18. The minimum absolute atomic E-state index is 0.962. The van der Waals surface area contributed by atoms with Crippen LogP contribution in [0.25, 0.3) is 0 Å². The van der Waals surface area contributed by atoms with Crippen molar-refractivity contribution in [1.82, 2.24) is 10.2 Å². The topological polar surface area (TPSA) is 15.3 Å². The maximum absolute atomic E-state index is 3.21. The summed E-state index contributed by atoms with van der Waals surface area (Å²) < 4.78 is 0. The molecule has 0 aliphatic carbocycles. The van der Waals surface area contributed by atoms with Crippen molar-refractivity contribution in [2.75, 3.05) is 31.6 Å². The minimum Gasteiger partial charge on any atom is -0.316 e. The first-order valence-corrected chi connectivity index (χ1v) is 7.56. The van der Waals surface area contributed by atoms with E-state index in [2.05, 4.69) is 46.2 Å². The van der Waals surface area contributed by atoms with Crippen LogP contribution >= 0.6 is 11.8 Å². The maximum Gasteiger partial charge on any atom is 0.0234 e. The number of rotatable bonds is 4. The number of thioether (sulfide) groups is 1. The van der Waals surface area contributed by atoms with E-state index in [1.807, 2.05) is 7.05 Å². The average Bonchev–Trinajstić information content (AvgIpc) is 2.59. The highest BCUT2D eigenvalue weighted by atomic mass is 32.2. The molecular formula is C14H22N2S. The molecule has 0 bridgehead atoms. The monoisotopic (exact) mass is 250 g/mol. The molecule has 1 saturated heterocycles. The lowest BCUT2D eigenvalue weighted by Gasteiger charge is -2.19. The molecule has 0 amide bonds. The minimum atomic E-state index is 0.962. The number of nitrogens with zero attached hydrogens (tertiary/aromatic N) is 1. The molecule has 3 heteroatoms. The second kappa shape index (κ2) is 7.04. The van der Waals surface area contributed by atoms with Gasteiger partial charge in [0.2, 0.25) is 0 Å². The Hall–Kier alpha value is -0.510. The van der Waals surface area contributed by atoms with E-state index in [1.54, 1.807) is 0 Å². The molecule has 17 heavy (non-hydrogen) atoms. The lowest BCUT2D eigenvalue weighted by molar-refractivity contribution is 0.287. The van der Waals surface area contributed by atoms with Gasteiger partial charge in [-0.25, -0.2) is 0 Å². The van der Waals surface area contributed by atoms with E-state index < -0.39 is 0 Å². The van der Waals surface area contributed by atoms with Gasteiger partial charge in [0.15, 0.2) is 0 Å². The SMILES string of the molecule is CNCc1cccc(CN2CCCSCC2)c1. The van der Waals surface area contributed by atoms with Crippen molar-refractivity contribution in [1.29, 1.82) is 0 Å². The zero-order valence-electron chi connectivity index (χ0n) is 10.6. The summed E-state index contributed by atoms with van der Waals surface area (Å²) in [5.74, 6) is 2.62. The molecule has 0 radical (unpaired) electrons. The first-order valence-electron chi connectivity index (χ1n) is 6.41. The van der Waals surface area contributed by atoms with Gasteiger partial charge in [-0.1, -0.05) is 24.3 Å². The molecule has 1 fully saturated rings. The first kappa shape index (κ1) is 12.9. The second-order valence-corrected chi connectivity index (χ2v) is 5.82. The number of benzene rings is 1. The number of hydrogen-bond acceptors (Lipinski definition) is 3. The van der Waals surface area contributed by atoms with Crippen molar-refractivity contribution in [2.24, 2.45) is 0 Å². The summed E-state index contributed by atoms with van der Waals surface area (Å²) in [5, 5.41) is 3.21. The Kier molecular flexibility index (Phi) is 5.36. The van der Waals surface area contributed by atoms with Gasteiger partial charge in [0.05, 0.1) is 0 Å². The molecule has 0 atom stereocenters. The van der Waals surface area contributed by atoms with E-state index in [9.17, 15) is 0 Å². The summed E-state index contributed by atoms with van der Waals surface area (Å²) in [7, 11) is 2.00. The highest BCUT2D eigenvalue weighted by molar-refractivity contribution is 7.99. The van der Waals surface area contributed by atoms with Crippen LogP contribution < -0.4 is 5.32 Å². The van der Waals surface area contributed by atoms with Gasteiger partial charge in [0.1, 0.15) is 0 Å². The highest BCUT2D eigenvalue weighted by Crippen LogP contribution is 2.14. The standard InChI is InChI=1S/C14H22N2S/c1-15-11-13-4-2-5-14(10-13)12-16-6-3-8-17-9-7-16/h2,4-5,10,15H,3,6-9,11-12H2,1H3. The first-order chi connectivity index (χ1) is 8.38. The summed E-state index contributed by atoms with van der Waals surface area (Å²) in [6.45, 7) is 4.56. The van der Waals surface area contributed by atoms with Gasteiger partial charge in [-0.3, -0.25) is 4.90 Å². The summed E-state index contributed by atoms with van der Waals surface area (Å²) in [5.41, 5.74) is 2.83. The average molecular weight is 250 g/mol. The van der Waals surface area contributed by atoms with Crippen LogP contribution in [0.2, 0.25) is 0 Å². The Balaban J connectivity index is 1.94. The smallest absolute Gasteiger partial charge is 0.0234 e. The molecule has 1 aliphatic heterocycles. The molecule has 2 rings (SSSR count). The Bertz CT molecular complexity index is 333. The largest absolute Gasteiger partial charge is 0.316 e.